The van der Waals surface area contributed by atoms with Gasteiger partial charge in [-0.3, -0.25) is 4.79 Å². The Morgan fingerprint density at radius 3 is 3.08 bits per heavy atom. The molecule has 0 unspecified atom stereocenters. The summed E-state index contributed by atoms with van der Waals surface area (Å²) in [6.07, 6.45) is 0.505. The molecule has 0 saturated heterocycles. The van der Waals surface area contributed by atoms with E-state index in [1.807, 2.05) is 17.5 Å². The van der Waals surface area contributed by atoms with Gasteiger partial charge in [0.1, 0.15) is 0 Å². The van der Waals surface area contributed by atoms with Crippen molar-refractivity contribution in [3.63, 3.8) is 0 Å². The van der Waals surface area contributed by atoms with Gasteiger partial charge in [0.05, 0.1) is 6.42 Å². The molecule has 0 aliphatic carbocycles. The first-order valence-electron chi connectivity index (χ1n) is 3.68. The van der Waals surface area contributed by atoms with E-state index in [2.05, 4.69) is 21.2 Å². The van der Waals surface area contributed by atoms with Crippen LogP contribution in [0.3, 0.4) is 0 Å². The third kappa shape index (κ3) is 3.36. The number of hydrogen-bond acceptors (Lipinski definition) is 2. The number of nitrogens with one attached hydrogen (secondary N) is 1. The molecule has 66 valence electrons. The van der Waals surface area contributed by atoms with E-state index >= 15 is 0 Å². The van der Waals surface area contributed by atoms with Gasteiger partial charge in [-0.15, -0.1) is 11.3 Å². The molecule has 0 spiro atoms. The second kappa shape index (κ2) is 5.32. The van der Waals surface area contributed by atoms with E-state index in [4.69, 9.17) is 0 Å². The van der Waals surface area contributed by atoms with Crippen LogP contribution in [0.1, 0.15) is 4.88 Å². The topological polar surface area (TPSA) is 29.1 Å². The van der Waals surface area contributed by atoms with Crippen molar-refractivity contribution < 1.29 is 4.79 Å². The fourth-order valence-electron chi connectivity index (χ4n) is 0.821. The van der Waals surface area contributed by atoms with E-state index < -0.39 is 0 Å². The van der Waals surface area contributed by atoms with Gasteiger partial charge in [0.2, 0.25) is 5.91 Å². The molecule has 0 atom stereocenters. The normalized spacial score (nSPS) is 9.75. The molecule has 0 bridgehead atoms. The van der Waals surface area contributed by atoms with Gasteiger partial charge >= 0.3 is 0 Å². The summed E-state index contributed by atoms with van der Waals surface area (Å²) in [5.74, 6) is 0.0944. The van der Waals surface area contributed by atoms with Crippen molar-refractivity contribution in [1.29, 1.82) is 0 Å². The number of halogens is 1. The fourth-order valence-corrected chi connectivity index (χ4v) is 1.72. The fraction of sp³-hybridized carbons (Fsp3) is 0.375. The highest BCUT2D eigenvalue weighted by Crippen LogP contribution is 2.08. The van der Waals surface area contributed by atoms with Crippen molar-refractivity contribution >= 4 is 33.2 Å². The summed E-state index contributed by atoms with van der Waals surface area (Å²) >= 11 is 4.86. The third-order valence-electron chi connectivity index (χ3n) is 1.33. The Labute approximate surface area is 84.1 Å². The summed E-state index contributed by atoms with van der Waals surface area (Å²) in [4.78, 5) is 12.3. The van der Waals surface area contributed by atoms with Gasteiger partial charge in [-0.1, -0.05) is 22.0 Å². The molecule has 0 aliphatic heterocycles. The van der Waals surface area contributed by atoms with Crippen molar-refractivity contribution in [2.24, 2.45) is 0 Å². The molecular formula is C8H10BrNOS. The van der Waals surface area contributed by atoms with Gasteiger partial charge in [0.15, 0.2) is 0 Å². The molecule has 0 radical (unpaired) electrons. The molecule has 0 aliphatic rings. The quantitative estimate of drug-likeness (QED) is 0.809. The molecule has 1 heterocycles. The summed E-state index contributed by atoms with van der Waals surface area (Å²) in [7, 11) is 0. The van der Waals surface area contributed by atoms with E-state index in [9.17, 15) is 4.79 Å². The minimum atomic E-state index is 0.0944. The van der Waals surface area contributed by atoms with Crippen LogP contribution in [0, 0.1) is 0 Å². The average Bonchev–Trinajstić information content (AvgIpc) is 2.53. The predicted molar refractivity (Wildman–Crippen MR) is 54.8 cm³/mol. The summed E-state index contributed by atoms with van der Waals surface area (Å²) < 4.78 is 0. The number of thiophene rings is 1. The Kier molecular flexibility index (Phi) is 4.32. The van der Waals surface area contributed by atoms with Crippen LogP contribution in [0.4, 0.5) is 0 Å². The lowest BCUT2D eigenvalue weighted by molar-refractivity contribution is -0.120. The molecule has 0 fully saturated rings. The SMILES string of the molecule is O=C(Cc1cccs1)NCCBr. The maximum Gasteiger partial charge on any atom is 0.225 e. The zero-order valence-corrected chi connectivity index (χ0v) is 8.95. The van der Waals surface area contributed by atoms with Crippen LogP contribution in [-0.4, -0.2) is 17.8 Å². The third-order valence-corrected chi connectivity index (χ3v) is 2.60. The number of carbonyl (C=O) groups excluding carboxylic acids is 1. The molecule has 0 saturated carbocycles. The number of amides is 1. The van der Waals surface area contributed by atoms with Crippen LogP contribution >= 0.6 is 27.3 Å². The molecule has 2 nitrogen and oxygen atoms in total. The molecule has 1 amide bonds. The zero-order valence-electron chi connectivity index (χ0n) is 6.55. The largest absolute Gasteiger partial charge is 0.355 e. The highest BCUT2D eigenvalue weighted by molar-refractivity contribution is 9.09. The summed E-state index contributed by atoms with van der Waals surface area (Å²) in [5, 5.41) is 5.58. The van der Waals surface area contributed by atoms with Crippen molar-refractivity contribution in [2.45, 2.75) is 6.42 Å². The summed E-state index contributed by atoms with van der Waals surface area (Å²) in [5.41, 5.74) is 0. The first kappa shape index (κ1) is 9.74. The summed E-state index contributed by atoms with van der Waals surface area (Å²) in [6.45, 7) is 0.699. The van der Waals surface area contributed by atoms with Crippen molar-refractivity contribution in [2.75, 3.05) is 11.9 Å². The van der Waals surface area contributed by atoms with Crippen molar-refractivity contribution in [3.05, 3.63) is 22.4 Å². The highest BCUT2D eigenvalue weighted by atomic mass is 79.9. The van der Waals surface area contributed by atoms with Crippen molar-refractivity contribution in [1.82, 2.24) is 5.32 Å². The Morgan fingerprint density at radius 2 is 2.50 bits per heavy atom. The Morgan fingerprint density at radius 1 is 1.67 bits per heavy atom. The minimum absolute atomic E-state index is 0.0944. The first-order chi connectivity index (χ1) is 5.83. The maximum atomic E-state index is 11.1. The highest BCUT2D eigenvalue weighted by Gasteiger charge is 2.01. The monoisotopic (exact) mass is 247 g/mol. The van der Waals surface area contributed by atoms with Crippen LogP contribution in [0.25, 0.3) is 0 Å². The molecular weight excluding hydrogens is 238 g/mol. The number of rotatable bonds is 4. The van der Waals surface area contributed by atoms with Crippen LogP contribution < -0.4 is 5.32 Å². The Balaban J connectivity index is 2.27. The van der Waals surface area contributed by atoms with Crippen LogP contribution in [-0.2, 0) is 11.2 Å². The molecule has 1 aromatic rings. The number of alkyl halides is 1. The van der Waals surface area contributed by atoms with Crippen molar-refractivity contribution in [3.8, 4) is 0 Å². The maximum absolute atomic E-state index is 11.1. The standard InChI is InChI=1S/C8H10BrNOS/c9-3-4-10-8(11)6-7-2-1-5-12-7/h1-2,5H,3-4,6H2,(H,10,11). The first-order valence-corrected chi connectivity index (χ1v) is 5.68. The second-order valence-electron chi connectivity index (χ2n) is 2.30. The zero-order chi connectivity index (χ0) is 8.81. The average molecular weight is 248 g/mol. The lowest BCUT2D eigenvalue weighted by Crippen LogP contribution is -2.26. The van der Waals surface area contributed by atoms with E-state index in [1.54, 1.807) is 11.3 Å². The Hall–Kier alpha value is -0.350. The van der Waals surface area contributed by atoms with Gasteiger partial charge in [-0.25, -0.2) is 0 Å². The van der Waals surface area contributed by atoms with Crippen LogP contribution in [0.2, 0.25) is 0 Å². The van der Waals surface area contributed by atoms with E-state index in [1.165, 1.54) is 0 Å². The number of hydrogen-bond donors (Lipinski definition) is 1. The van der Waals surface area contributed by atoms with E-state index in [0.717, 1.165) is 10.2 Å². The van der Waals surface area contributed by atoms with Crippen LogP contribution in [0.5, 0.6) is 0 Å². The number of carbonyl (C=O) groups is 1. The molecule has 4 heteroatoms. The van der Waals surface area contributed by atoms with E-state index in [0.29, 0.717) is 13.0 Å². The molecule has 1 rings (SSSR count). The smallest absolute Gasteiger partial charge is 0.225 e. The second-order valence-corrected chi connectivity index (χ2v) is 4.12. The molecule has 0 aromatic carbocycles. The predicted octanol–water partition coefficient (Wildman–Crippen LogP) is 1.80. The Bertz CT molecular complexity index is 235. The molecule has 1 aromatic heterocycles. The molecule has 1 N–H and O–H groups in total. The van der Waals surface area contributed by atoms with E-state index in [-0.39, 0.29) is 5.91 Å². The van der Waals surface area contributed by atoms with Gasteiger partial charge in [0.25, 0.3) is 0 Å². The molecule has 12 heavy (non-hydrogen) atoms. The van der Waals surface area contributed by atoms with Gasteiger partial charge in [-0.05, 0) is 11.4 Å². The van der Waals surface area contributed by atoms with Gasteiger partial charge < -0.3 is 5.32 Å². The minimum Gasteiger partial charge on any atom is -0.355 e. The van der Waals surface area contributed by atoms with Gasteiger partial charge in [-0.2, -0.15) is 0 Å². The lowest BCUT2D eigenvalue weighted by atomic mass is 10.3. The lowest BCUT2D eigenvalue weighted by Gasteiger charge is -1.99. The van der Waals surface area contributed by atoms with Gasteiger partial charge in [0, 0.05) is 16.8 Å². The summed E-state index contributed by atoms with van der Waals surface area (Å²) in [6, 6.07) is 3.93. The van der Waals surface area contributed by atoms with Crippen LogP contribution in [0.15, 0.2) is 17.5 Å².